The van der Waals surface area contributed by atoms with Gasteiger partial charge in [0.25, 0.3) is 0 Å². The molecular weight excluding hydrogens is 208 g/mol. The number of hydrogen-bond acceptors (Lipinski definition) is 1. The van der Waals surface area contributed by atoms with Crippen molar-refractivity contribution in [3.05, 3.63) is 35.4 Å². The topological polar surface area (TPSA) is 12.0 Å². The van der Waals surface area contributed by atoms with E-state index < -0.39 is 5.82 Å². The Kier molecular flexibility index (Phi) is 4.94. The van der Waals surface area contributed by atoms with Gasteiger partial charge in [0.05, 0.1) is 6.54 Å². The van der Waals surface area contributed by atoms with Crippen LogP contribution in [0.3, 0.4) is 0 Å². The van der Waals surface area contributed by atoms with Gasteiger partial charge in [-0.25, -0.2) is 8.78 Å². The lowest BCUT2D eigenvalue weighted by atomic mass is 10.0. The van der Waals surface area contributed by atoms with E-state index in [0.29, 0.717) is 18.5 Å². The highest BCUT2D eigenvalue weighted by Gasteiger charge is 2.13. The van der Waals surface area contributed by atoms with Gasteiger partial charge in [-0.1, -0.05) is 12.8 Å². The smallest absolute Gasteiger partial charge is 0.128 e. The molecule has 1 aromatic carbocycles. The molecule has 0 aliphatic rings. The lowest BCUT2D eigenvalue weighted by molar-refractivity contribution is 0.504. The summed E-state index contributed by atoms with van der Waals surface area (Å²) in [6.45, 7) is 4.14. The Hall–Kier alpha value is -1.40. The molecule has 0 heterocycles. The molecule has 0 aromatic heterocycles. The Morgan fingerprint density at radius 1 is 1.38 bits per heavy atom. The van der Waals surface area contributed by atoms with Gasteiger partial charge in [0.2, 0.25) is 0 Å². The van der Waals surface area contributed by atoms with Crippen LogP contribution in [0.25, 0.3) is 0 Å². The maximum absolute atomic E-state index is 13.5. The second-order valence-electron chi connectivity index (χ2n) is 3.43. The van der Waals surface area contributed by atoms with Gasteiger partial charge >= 0.3 is 0 Å². The van der Waals surface area contributed by atoms with Gasteiger partial charge in [-0.05, 0) is 31.5 Å². The van der Waals surface area contributed by atoms with Crippen molar-refractivity contribution in [3.63, 3.8) is 0 Å². The third-order valence-corrected chi connectivity index (χ3v) is 2.36. The van der Waals surface area contributed by atoms with Gasteiger partial charge in [0, 0.05) is 11.6 Å². The monoisotopic (exact) mass is 223 g/mol. The van der Waals surface area contributed by atoms with E-state index in [1.54, 1.807) is 6.92 Å². The van der Waals surface area contributed by atoms with Gasteiger partial charge in [-0.15, -0.1) is 5.92 Å². The second kappa shape index (κ2) is 6.24. The van der Waals surface area contributed by atoms with Crippen molar-refractivity contribution in [2.45, 2.75) is 26.3 Å². The third-order valence-electron chi connectivity index (χ3n) is 2.36. The van der Waals surface area contributed by atoms with Crippen molar-refractivity contribution in [3.8, 4) is 11.8 Å². The van der Waals surface area contributed by atoms with Crippen molar-refractivity contribution in [2.24, 2.45) is 0 Å². The Morgan fingerprint density at radius 2 is 2.12 bits per heavy atom. The Morgan fingerprint density at radius 3 is 2.75 bits per heavy atom. The molecule has 0 fully saturated rings. The fraction of sp³-hybridized carbons (Fsp3) is 0.385. The SMILES string of the molecule is CC#CCNC(CC)c1cc(F)ccc1F. The minimum Gasteiger partial charge on any atom is -0.299 e. The van der Waals surface area contributed by atoms with Crippen LogP contribution in [0.2, 0.25) is 0 Å². The zero-order valence-electron chi connectivity index (χ0n) is 9.48. The van der Waals surface area contributed by atoms with Crippen LogP contribution in [0.4, 0.5) is 8.78 Å². The molecular formula is C13H15F2N. The lowest BCUT2D eigenvalue weighted by Gasteiger charge is -2.16. The first-order chi connectivity index (χ1) is 7.69. The minimum absolute atomic E-state index is 0.198. The molecule has 0 saturated heterocycles. The van der Waals surface area contributed by atoms with Gasteiger partial charge in [0.1, 0.15) is 11.6 Å². The molecule has 0 radical (unpaired) electrons. The summed E-state index contributed by atoms with van der Waals surface area (Å²) >= 11 is 0. The predicted octanol–water partition coefficient (Wildman–Crippen LogP) is 3.03. The summed E-state index contributed by atoms with van der Waals surface area (Å²) in [5, 5.41) is 3.07. The summed E-state index contributed by atoms with van der Waals surface area (Å²) in [7, 11) is 0. The van der Waals surface area contributed by atoms with E-state index in [1.165, 1.54) is 6.07 Å². The molecule has 0 aliphatic carbocycles. The summed E-state index contributed by atoms with van der Waals surface area (Å²) in [4.78, 5) is 0. The molecule has 1 unspecified atom stereocenters. The molecule has 0 saturated carbocycles. The highest BCUT2D eigenvalue weighted by atomic mass is 19.1. The average Bonchev–Trinajstić information content (AvgIpc) is 2.28. The number of benzene rings is 1. The third kappa shape index (κ3) is 3.32. The lowest BCUT2D eigenvalue weighted by Crippen LogP contribution is -2.22. The van der Waals surface area contributed by atoms with Crippen molar-refractivity contribution >= 4 is 0 Å². The average molecular weight is 223 g/mol. The summed E-state index contributed by atoms with van der Waals surface area (Å²) in [5.74, 6) is 4.78. The molecule has 1 nitrogen and oxygen atoms in total. The van der Waals surface area contributed by atoms with Gasteiger partial charge in [0.15, 0.2) is 0 Å². The zero-order valence-corrected chi connectivity index (χ0v) is 9.48. The van der Waals surface area contributed by atoms with Crippen LogP contribution < -0.4 is 5.32 Å². The first-order valence-corrected chi connectivity index (χ1v) is 5.27. The van der Waals surface area contributed by atoms with Crippen LogP contribution in [-0.2, 0) is 0 Å². The first kappa shape index (κ1) is 12.7. The van der Waals surface area contributed by atoms with Gasteiger partial charge in [-0.2, -0.15) is 0 Å². The van der Waals surface area contributed by atoms with E-state index in [1.807, 2.05) is 6.92 Å². The summed E-state index contributed by atoms with van der Waals surface area (Å²) in [5.41, 5.74) is 0.361. The van der Waals surface area contributed by atoms with E-state index in [-0.39, 0.29) is 11.9 Å². The molecule has 86 valence electrons. The van der Waals surface area contributed by atoms with Crippen LogP contribution in [0.15, 0.2) is 18.2 Å². The summed E-state index contributed by atoms with van der Waals surface area (Å²) in [6, 6.07) is 3.31. The van der Waals surface area contributed by atoms with E-state index in [9.17, 15) is 8.78 Å². The number of halogens is 2. The molecule has 1 aromatic rings. The largest absolute Gasteiger partial charge is 0.299 e. The fourth-order valence-corrected chi connectivity index (χ4v) is 1.52. The molecule has 0 aliphatic heterocycles. The Bertz CT molecular complexity index is 404. The van der Waals surface area contributed by atoms with Crippen molar-refractivity contribution in [1.82, 2.24) is 5.32 Å². The van der Waals surface area contributed by atoms with Crippen LogP contribution in [0.1, 0.15) is 31.9 Å². The fourth-order valence-electron chi connectivity index (χ4n) is 1.52. The Labute approximate surface area is 94.9 Å². The Balaban J connectivity index is 2.84. The van der Waals surface area contributed by atoms with Crippen molar-refractivity contribution in [2.75, 3.05) is 6.54 Å². The van der Waals surface area contributed by atoms with Gasteiger partial charge < -0.3 is 0 Å². The van der Waals surface area contributed by atoms with Crippen LogP contribution >= 0.6 is 0 Å². The minimum atomic E-state index is -0.418. The molecule has 0 bridgehead atoms. The summed E-state index contributed by atoms with van der Waals surface area (Å²) < 4.78 is 26.5. The molecule has 1 atom stereocenters. The maximum atomic E-state index is 13.5. The highest BCUT2D eigenvalue weighted by molar-refractivity contribution is 5.22. The van der Waals surface area contributed by atoms with E-state index in [2.05, 4.69) is 17.2 Å². The van der Waals surface area contributed by atoms with Crippen molar-refractivity contribution in [1.29, 1.82) is 0 Å². The van der Waals surface area contributed by atoms with Crippen LogP contribution in [0.5, 0.6) is 0 Å². The second-order valence-corrected chi connectivity index (χ2v) is 3.43. The molecule has 1 N–H and O–H groups in total. The number of nitrogens with one attached hydrogen (secondary N) is 1. The first-order valence-electron chi connectivity index (χ1n) is 5.27. The maximum Gasteiger partial charge on any atom is 0.128 e. The number of hydrogen-bond donors (Lipinski definition) is 1. The standard InChI is InChI=1S/C13H15F2N/c1-3-5-8-16-13(4-2)11-9-10(14)6-7-12(11)15/h6-7,9,13,16H,4,8H2,1-2H3. The molecule has 1 rings (SSSR count). The van der Waals surface area contributed by atoms with E-state index >= 15 is 0 Å². The molecule has 16 heavy (non-hydrogen) atoms. The van der Waals surface area contributed by atoms with E-state index in [4.69, 9.17) is 0 Å². The normalized spacial score (nSPS) is 11.8. The van der Waals surface area contributed by atoms with Crippen LogP contribution in [0, 0.1) is 23.5 Å². The van der Waals surface area contributed by atoms with Crippen LogP contribution in [-0.4, -0.2) is 6.54 Å². The van der Waals surface area contributed by atoms with E-state index in [0.717, 1.165) is 12.1 Å². The summed E-state index contributed by atoms with van der Waals surface area (Å²) in [6.07, 6.45) is 0.686. The highest BCUT2D eigenvalue weighted by Crippen LogP contribution is 2.20. The molecule has 0 amide bonds. The molecule has 3 heteroatoms. The van der Waals surface area contributed by atoms with Crippen molar-refractivity contribution < 1.29 is 8.78 Å². The molecule has 0 spiro atoms. The predicted molar refractivity (Wildman–Crippen MR) is 60.8 cm³/mol. The number of rotatable bonds is 4. The quantitative estimate of drug-likeness (QED) is 0.774. The zero-order chi connectivity index (χ0) is 12.0. The van der Waals surface area contributed by atoms with Gasteiger partial charge in [-0.3, -0.25) is 5.32 Å².